The number of hydrogen-bond acceptors (Lipinski definition) is 6. The van der Waals surface area contributed by atoms with E-state index in [1.165, 1.54) is 0 Å². The van der Waals surface area contributed by atoms with E-state index in [9.17, 15) is 0 Å². The molecule has 1 aliphatic rings. The Balaban J connectivity index is 1.55. The molecule has 4 rings (SSSR count). The van der Waals surface area contributed by atoms with Crippen LogP contribution in [0.2, 0.25) is 0 Å². The summed E-state index contributed by atoms with van der Waals surface area (Å²) in [6.07, 6.45) is 6.00. The molecule has 26 heavy (non-hydrogen) atoms. The molecule has 7 heteroatoms. The Morgan fingerprint density at radius 3 is 3.08 bits per heavy atom. The molecule has 1 aliphatic heterocycles. The monoisotopic (exact) mass is 351 g/mol. The molecule has 1 atom stereocenters. The van der Waals surface area contributed by atoms with Crippen molar-refractivity contribution in [1.29, 1.82) is 0 Å². The van der Waals surface area contributed by atoms with Crippen molar-refractivity contribution in [3.05, 3.63) is 36.2 Å². The number of anilines is 3. The molecular formula is C19H25N7. The van der Waals surface area contributed by atoms with E-state index in [-0.39, 0.29) is 0 Å². The Kier molecular flexibility index (Phi) is 4.71. The standard InChI is InChI=1S/C19H25N7/c1-3-15-6-8-26(9-7-20-15)19-21-11-13(2)18(24-19)23-16-4-5-17-14(10-16)12-22-25-17/h4-5,10-12,15,20H,3,6-9H2,1-2H3,(H,22,25)(H,21,23,24). The number of H-pyrrole nitrogens is 1. The number of hydrogen-bond donors (Lipinski definition) is 3. The molecule has 3 aromatic rings. The summed E-state index contributed by atoms with van der Waals surface area (Å²) >= 11 is 0. The lowest BCUT2D eigenvalue weighted by molar-refractivity contribution is 0.509. The third-order valence-electron chi connectivity index (χ3n) is 5.00. The summed E-state index contributed by atoms with van der Waals surface area (Å²) in [6.45, 7) is 7.14. The van der Waals surface area contributed by atoms with Gasteiger partial charge in [0.25, 0.3) is 0 Å². The fraction of sp³-hybridized carbons (Fsp3) is 0.421. The van der Waals surface area contributed by atoms with Gasteiger partial charge >= 0.3 is 0 Å². The lowest BCUT2D eigenvalue weighted by atomic mass is 10.1. The smallest absolute Gasteiger partial charge is 0.227 e. The van der Waals surface area contributed by atoms with Crippen LogP contribution in [-0.4, -0.2) is 45.8 Å². The third kappa shape index (κ3) is 3.48. The minimum absolute atomic E-state index is 0.588. The van der Waals surface area contributed by atoms with E-state index in [2.05, 4.69) is 43.7 Å². The van der Waals surface area contributed by atoms with Crippen molar-refractivity contribution < 1.29 is 0 Å². The molecule has 0 saturated carbocycles. The molecule has 0 aliphatic carbocycles. The fourth-order valence-corrected chi connectivity index (χ4v) is 3.35. The van der Waals surface area contributed by atoms with Crippen LogP contribution in [0.3, 0.4) is 0 Å². The molecule has 2 aromatic heterocycles. The number of fused-ring (bicyclic) bond motifs is 1. The van der Waals surface area contributed by atoms with Crippen LogP contribution in [-0.2, 0) is 0 Å². The number of nitrogens with zero attached hydrogens (tertiary/aromatic N) is 4. The van der Waals surface area contributed by atoms with Crippen LogP contribution in [0.5, 0.6) is 0 Å². The van der Waals surface area contributed by atoms with Crippen molar-refractivity contribution in [1.82, 2.24) is 25.5 Å². The lowest BCUT2D eigenvalue weighted by Crippen LogP contribution is -2.30. The van der Waals surface area contributed by atoms with Gasteiger partial charge in [0, 0.05) is 48.5 Å². The average Bonchev–Trinajstić information content (AvgIpc) is 2.99. The van der Waals surface area contributed by atoms with Crippen LogP contribution < -0.4 is 15.5 Å². The maximum Gasteiger partial charge on any atom is 0.227 e. The number of aromatic nitrogens is 4. The number of rotatable bonds is 4. The first-order valence-corrected chi connectivity index (χ1v) is 9.25. The molecule has 1 fully saturated rings. The highest BCUT2D eigenvalue weighted by atomic mass is 15.3. The van der Waals surface area contributed by atoms with Gasteiger partial charge in [-0.15, -0.1) is 0 Å². The van der Waals surface area contributed by atoms with Crippen LogP contribution >= 0.6 is 0 Å². The van der Waals surface area contributed by atoms with Gasteiger partial charge in [-0.25, -0.2) is 4.98 Å². The van der Waals surface area contributed by atoms with Crippen LogP contribution in [0, 0.1) is 6.92 Å². The molecule has 0 radical (unpaired) electrons. The zero-order valence-electron chi connectivity index (χ0n) is 15.3. The van der Waals surface area contributed by atoms with Gasteiger partial charge in [-0.2, -0.15) is 10.1 Å². The molecule has 1 saturated heterocycles. The zero-order chi connectivity index (χ0) is 17.9. The SMILES string of the molecule is CCC1CCN(c2ncc(C)c(Nc3ccc4[nH]ncc4c3)n2)CCN1. The van der Waals surface area contributed by atoms with Crippen molar-refractivity contribution in [2.75, 3.05) is 29.9 Å². The zero-order valence-corrected chi connectivity index (χ0v) is 15.3. The van der Waals surface area contributed by atoms with Gasteiger partial charge in [0.15, 0.2) is 0 Å². The van der Waals surface area contributed by atoms with Gasteiger partial charge in [-0.05, 0) is 38.0 Å². The van der Waals surface area contributed by atoms with Gasteiger partial charge in [-0.3, -0.25) is 5.10 Å². The third-order valence-corrected chi connectivity index (χ3v) is 5.00. The molecule has 7 nitrogen and oxygen atoms in total. The van der Waals surface area contributed by atoms with Gasteiger partial charge in [0.2, 0.25) is 5.95 Å². The first-order valence-electron chi connectivity index (χ1n) is 9.25. The first-order chi connectivity index (χ1) is 12.7. The summed E-state index contributed by atoms with van der Waals surface area (Å²) in [5, 5.41) is 15.1. The second-order valence-corrected chi connectivity index (χ2v) is 6.83. The van der Waals surface area contributed by atoms with Crippen LogP contribution in [0.4, 0.5) is 17.5 Å². The van der Waals surface area contributed by atoms with Gasteiger partial charge in [0.05, 0.1) is 11.7 Å². The minimum Gasteiger partial charge on any atom is -0.340 e. The van der Waals surface area contributed by atoms with Crippen LogP contribution in [0.15, 0.2) is 30.6 Å². The lowest BCUT2D eigenvalue weighted by Gasteiger charge is -2.21. The normalized spacial score (nSPS) is 18.1. The second-order valence-electron chi connectivity index (χ2n) is 6.83. The molecule has 0 amide bonds. The second kappa shape index (κ2) is 7.29. The van der Waals surface area contributed by atoms with Crippen molar-refractivity contribution in [3.8, 4) is 0 Å². The quantitative estimate of drug-likeness (QED) is 0.670. The molecule has 3 heterocycles. The Morgan fingerprint density at radius 1 is 1.27 bits per heavy atom. The molecule has 0 bridgehead atoms. The van der Waals surface area contributed by atoms with Crippen LogP contribution in [0.25, 0.3) is 10.9 Å². The molecule has 0 spiro atoms. The molecule has 1 unspecified atom stereocenters. The topological polar surface area (TPSA) is 81.8 Å². The van der Waals surface area contributed by atoms with E-state index >= 15 is 0 Å². The maximum atomic E-state index is 4.80. The molecule has 1 aromatic carbocycles. The van der Waals surface area contributed by atoms with E-state index in [0.717, 1.165) is 66.4 Å². The van der Waals surface area contributed by atoms with Crippen molar-refractivity contribution in [3.63, 3.8) is 0 Å². The number of nitrogens with one attached hydrogen (secondary N) is 3. The van der Waals surface area contributed by atoms with Crippen LogP contribution in [0.1, 0.15) is 25.3 Å². The predicted octanol–water partition coefficient (Wildman–Crippen LogP) is 2.98. The predicted molar refractivity (Wildman–Crippen MR) is 105 cm³/mol. The summed E-state index contributed by atoms with van der Waals surface area (Å²) < 4.78 is 0. The fourth-order valence-electron chi connectivity index (χ4n) is 3.35. The Bertz CT molecular complexity index is 888. The highest BCUT2D eigenvalue weighted by Gasteiger charge is 2.18. The van der Waals surface area contributed by atoms with Gasteiger partial charge in [-0.1, -0.05) is 6.92 Å². The van der Waals surface area contributed by atoms with Crippen molar-refractivity contribution in [2.45, 2.75) is 32.7 Å². The van der Waals surface area contributed by atoms with Gasteiger partial charge in [0.1, 0.15) is 5.82 Å². The van der Waals surface area contributed by atoms with E-state index in [0.29, 0.717) is 6.04 Å². The number of aromatic amines is 1. The van der Waals surface area contributed by atoms with Crippen molar-refractivity contribution >= 4 is 28.4 Å². The Labute approximate surface area is 153 Å². The Morgan fingerprint density at radius 2 is 2.19 bits per heavy atom. The first kappa shape index (κ1) is 16.8. The summed E-state index contributed by atoms with van der Waals surface area (Å²) in [5.74, 6) is 1.64. The highest BCUT2D eigenvalue weighted by molar-refractivity contribution is 5.82. The van der Waals surface area contributed by atoms with E-state index in [1.54, 1.807) is 0 Å². The number of aryl methyl sites for hydroxylation is 1. The Hall–Kier alpha value is -2.67. The summed E-state index contributed by atoms with van der Waals surface area (Å²) in [7, 11) is 0. The summed E-state index contributed by atoms with van der Waals surface area (Å²) in [5.41, 5.74) is 3.05. The summed E-state index contributed by atoms with van der Waals surface area (Å²) in [6, 6.07) is 6.71. The van der Waals surface area contributed by atoms with Crippen molar-refractivity contribution in [2.24, 2.45) is 0 Å². The highest BCUT2D eigenvalue weighted by Crippen LogP contribution is 2.23. The van der Waals surface area contributed by atoms with E-state index < -0.39 is 0 Å². The number of benzene rings is 1. The molecular weight excluding hydrogens is 326 g/mol. The molecule has 136 valence electrons. The van der Waals surface area contributed by atoms with E-state index in [4.69, 9.17) is 4.98 Å². The van der Waals surface area contributed by atoms with Gasteiger partial charge < -0.3 is 15.5 Å². The van der Waals surface area contributed by atoms with E-state index in [1.807, 2.05) is 31.5 Å². The summed E-state index contributed by atoms with van der Waals surface area (Å²) in [4.78, 5) is 11.6. The maximum absolute atomic E-state index is 4.80. The minimum atomic E-state index is 0.588. The average molecular weight is 351 g/mol. The largest absolute Gasteiger partial charge is 0.340 e. The molecule has 3 N–H and O–H groups in total.